The summed E-state index contributed by atoms with van der Waals surface area (Å²) in [6, 6.07) is 12.5. The van der Waals surface area contributed by atoms with Gasteiger partial charge < -0.3 is 14.5 Å². The molecule has 2 fully saturated rings. The van der Waals surface area contributed by atoms with Crippen molar-refractivity contribution in [1.29, 1.82) is 0 Å². The molecule has 2 aliphatic heterocycles. The van der Waals surface area contributed by atoms with E-state index < -0.39 is 0 Å². The summed E-state index contributed by atoms with van der Waals surface area (Å²) in [7, 11) is 1.60. The van der Waals surface area contributed by atoms with Gasteiger partial charge in [0.15, 0.2) is 0 Å². The first-order chi connectivity index (χ1) is 13.8. The summed E-state index contributed by atoms with van der Waals surface area (Å²) in [5.74, 6) is 0.407. The van der Waals surface area contributed by atoms with Crippen LogP contribution in [0.25, 0.3) is 0 Å². The van der Waals surface area contributed by atoms with Crippen molar-refractivity contribution in [2.45, 2.75) is 51.1 Å². The summed E-state index contributed by atoms with van der Waals surface area (Å²) < 4.78 is 19.4. The summed E-state index contributed by atoms with van der Waals surface area (Å²) >= 11 is 0. The molecule has 0 aromatic heterocycles. The minimum atomic E-state index is -0.248. The van der Waals surface area contributed by atoms with Crippen molar-refractivity contribution in [3.05, 3.63) is 59.4 Å². The van der Waals surface area contributed by atoms with Crippen LogP contribution in [-0.2, 0) is 0 Å². The second-order valence-corrected chi connectivity index (χ2v) is 9.04. The Morgan fingerprint density at radius 3 is 2.69 bits per heavy atom. The third-order valence-corrected chi connectivity index (χ3v) is 6.49. The van der Waals surface area contributed by atoms with E-state index in [0.717, 1.165) is 37.1 Å². The number of benzene rings is 2. The first kappa shape index (κ1) is 19.7. The number of ether oxygens (including phenoxy) is 1. The quantitative estimate of drug-likeness (QED) is 0.747. The maximum atomic E-state index is 13.9. The molecule has 1 spiro atoms. The van der Waals surface area contributed by atoms with Gasteiger partial charge in [0.2, 0.25) is 0 Å². The lowest BCUT2D eigenvalue weighted by Gasteiger charge is -2.35. The molecule has 4 nitrogen and oxygen atoms in total. The Balaban J connectivity index is 1.69. The van der Waals surface area contributed by atoms with E-state index in [1.165, 1.54) is 6.07 Å². The fourth-order valence-corrected chi connectivity index (χ4v) is 5.29. The largest absolute Gasteiger partial charge is 0.496 e. The fraction of sp³-hybridized carbons (Fsp3) is 0.458. The highest BCUT2D eigenvalue weighted by Gasteiger charge is 2.55. The number of aryl methyl sites for hydroxylation is 1. The minimum absolute atomic E-state index is 0.0277. The van der Waals surface area contributed by atoms with Crippen molar-refractivity contribution >= 4 is 11.6 Å². The number of amides is 1. The summed E-state index contributed by atoms with van der Waals surface area (Å²) in [5.41, 5.74) is 2.11. The van der Waals surface area contributed by atoms with Crippen LogP contribution in [0.3, 0.4) is 0 Å². The number of carbonyl (C=O) groups excluding carboxylic acids is 1. The molecule has 4 rings (SSSR count). The van der Waals surface area contributed by atoms with Crippen molar-refractivity contribution in [2.75, 3.05) is 25.1 Å². The Hall–Kier alpha value is -2.56. The van der Waals surface area contributed by atoms with Crippen LogP contribution in [0.15, 0.2) is 42.5 Å². The van der Waals surface area contributed by atoms with Crippen LogP contribution in [0.2, 0.25) is 0 Å². The standard InChI is InChI=1S/C24H29FN2O2/c1-17-9-10-21(29-4)20(13-17)22(28)26-12-6-11-24(26)15-23(2,3)27(16-24)19-8-5-7-18(25)14-19/h5,7-10,13-14H,6,11-12,15-16H2,1-4H3. The Bertz CT molecular complexity index is 942. The highest BCUT2D eigenvalue weighted by Crippen LogP contribution is 2.47. The normalized spacial score (nSPS) is 23.1. The third-order valence-electron chi connectivity index (χ3n) is 6.49. The van der Waals surface area contributed by atoms with E-state index in [1.54, 1.807) is 19.2 Å². The predicted molar refractivity (Wildman–Crippen MR) is 113 cm³/mol. The van der Waals surface area contributed by atoms with Crippen LogP contribution < -0.4 is 9.64 Å². The van der Waals surface area contributed by atoms with E-state index in [-0.39, 0.29) is 22.8 Å². The van der Waals surface area contributed by atoms with Gasteiger partial charge in [-0.1, -0.05) is 17.7 Å². The first-order valence-corrected chi connectivity index (χ1v) is 10.3. The van der Waals surface area contributed by atoms with Crippen molar-refractivity contribution in [2.24, 2.45) is 0 Å². The monoisotopic (exact) mass is 396 g/mol. The van der Waals surface area contributed by atoms with E-state index >= 15 is 0 Å². The molecule has 2 aliphatic rings. The van der Waals surface area contributed by atoms with Crippen LogP contribution in [0.4, 0.5) is 10.1 Å². The highest BCUT2D eigenvalue weighted by molar-refractivity contribution is 5.98. The fourth-order valence-electron chi connectivity index (χ4n) is 5.29. The van der Waals surface area contributed by atoms with Gasteiger partial charge >= 0.3 is 0 Å². The molecule has 0 aliphatic carbocycles. The van der Waals surface area contributed by atoms with E-state index in [9.17, 15) is 9.18 Å². The molecular formula is C24H29FN2O2. The smallest absolute Gasteiger partial charge is 0.258 e. The second-order valence-electron chi connectivity index (χ2n) is 9.04. The van der Waals surface area contributed by atoms with Crippen molar-refractivity contribution in [1.82, 2.24) is 4.90 Å². The summed E-state index contributed by atoms with van der Waals surface area (Å²) in [6.07, 6.45) is 2.80. The summed E-state index contributed by atoms with van der Waals surface area (Å²) in [4.78, 5) is 17.9. The lowest BCUT2D eigenvalue weighted by Crippen LogP contribution is -2.49. The minimum Gasteiger partial charge on any atom is -0.496 e. The molecule has 2 saturated heterocycles. The molecule has 1 amide bonds. The Morgan fingerprint density at radius 1 is 1.17 bits per heavy atom. The third kappa shape index (κ3) is 3.37. The molecule has 0 N–H and O–H groups in total. The number of hydrogen-bond acceptors (Lipinski definition) is 3. The molecule has 2 heterocycles. The van der Waals surface area contributed by atoms with E-state index in [0.29, 0.717) is 17.9 Å². The molecule has 2 aromatic carbocycles. The number of methoxy groups -OCH3 is 1. The van der Waals surface area contributed by atoms with Gasteiger partial charge in [0.05, 0.1) is 18.2 Å². The first-order valence-electron chi connectivity index (χ1n) is 10.3. The zero-order valence-corrected chi connectivity index (χ0v) is 17.7. The molecule has 1 unspecified atom stereocenters. The number of rotatable bonds is 3. The number of anilines is 1. The Kier molecular flexibility index (Phi) is 4.80. The van der Waals surface area contributed by atoms with Gasteiger partial charge in [-0.3, -0.25) is 4.79 Å². The van der Waals surface area contributed by atoms with E-state index in [1.807, 2.05) is 36.1 Å². The van der Waals surface area contributed by atoms with Crippen LogP contribution in [0.1, 0.15) is 49.0 Å². The molecule has 5 heteroatoms. The number of nitrogens with zero attached hydrogens (tertiary/aromatic N) is 2. The average Bonchev–Trinajstić information content (AvgIpc) is 3.20. The molecule has 154 valence electrons. The maximum absolute atomic E-state index is 13.9. The zero-order chi connectivity index (χ0) is 20.8. The predicted octanol–water partition coefficient (Wildman–Crippen LogP) is 4.81. The Morgan fingerprint density at radius 2 is 1.97 bits per heavy atom. The zero-order valence-electron chi connectivity index (χ0n) is 17.7. The van der Waals surface area contributed by atoms with Crippen LogP contribution >= 0.6 is 0 Å². The van der Waals surface area contributed by atoms with E-state index in [2.05, 4.69) is 18.7 Å². The van der Waals surface area contributed by atoms with Gasteiger partial charge in [-0.05, 0) is 70.4 Å². The lowest BCUT2D eigenvalue weighted by atomic mass is 9.87. The molecule has 0 saturated carbocycles. The second kappa shape index (κ2) is 7.05. The van der Waals surface area contributed by atoms with Crippen LogP contribution in [0, 0.1) is 12.7 Å². The lowest BCUT2D eigenvalue weighted by molar-refractivity contribution is 0.0614. The molecule has 29 heavy (non-hydrogen) atoms. The van der Waals surface area contributed by atoms with Gasteiger partial charge in [0.1, 0.15) is 11.6 Å². The topological polar surface area (TPSA) is 32.8 Å². The van der Waals surface area contributed by atoms with Crippen molar-refractivity contribution in [3.8, 4) is 5.75 Å². The highest BCUT2D eigenvalue weighted by atomic mass is 19.1. The maximum Gasteiger partial charge on any atom is 0.258 e. The molecule has 2 aromatic rings. The van der Waals surface area contributed by atoms with Crippen LogP contribution in [0.5, 0.6) is 5.75 Å². The summed E-state index contributed by atoms with van der Waals surface area (Å²) in [5, 5.41) is 0. The molecule has 0 bridgehead atoms. The van der Waals surface area contributed by atoms with E-state index in [4.69, 9.17) is 4.74 Å². The van der Waals surface area contributed by atoms with Gasteiger partial charge in [0.25, 0.3) is 5.91 Å². The number of carbonyl (C=O) groups is 1. The van der Waals surface area contributed by atoms with Crippen molar-refractivity contribution < 1.29 is 13.9 Å². The Labute approximate surface area is 172 Å². The van der Waals surface area contributed by atoms with Crippen LogP contribution in [-0.4, -0.2) is 42.1 Å². The number of hydrogen-bond donors (Lipinski definition) is 0. The SMILES string of the molecule is COc1ccc(C)cc1C(=O)N1CCCC12CN(c1cccc(F)c1)C(C)(C)C2. The molecule has 0 radical (unpaired) electrons. The van der Waals surface area contributed by atoms with Gasteiger partial charge in [-0.15, -0.1) is 0 Å². The number of halogens is 1. The van der Waals surface area contributed by atoms with Gasteiger partial charge in [0, 0.05) is 24.3 Å². The summed E-state index contributed by atoms with van der Waals surface area (Å²) in [6.45, 7) is 7.80. The average molecular weight is 397 g/mol. The molecule has 1 atom stereocenters. The molecular weight excluding hydrogens is 367 g/mol. The van der Waals surface area contributed by atoms with Gasteiger partial charge in [-0.25, -0.2) is 4.39 Å². The number of likely N-dealkylation sites (tertiary alicyclic amines) is 1. The van der Waals surface area contributed by atoms with Crippen molar-refractivity contribution in [3.63, 3.8) is 0 Å². The van der Waals surface area contributed by atoms with Gasteiger partial charge in [-0.2, -0.15) is 0 Å².